The lowest BCUT2D eigenvalue weighted by Gasteiger charge is -2.19. The van der Waals surface area contributed by atoms with Gasteiger partial charge < -0.3 is 5.11 Å². The number of thiophene rings is 1. The summed E-state index contributed by atoms with van der Waals surface area (Å²) in [6, 6.07) is 4.38. The largest absolute Gasteiger partial charge is 0.395 e. The number of halogens is 1. The van der Waals surface area contributed by atoms with E-state index in [1.807, 2.05) is 0 Å². The van der Waals surface area contributed by atoms with Gasteiger partial charge in [-0.25, -0.2) is 0 Å². The second-order valence-electron chi connectivity index (χ2n) is 5.47. The number of aryl methyl sites for hydroxylation is 2. The summed E-state index contributed by atoms with van der Waals surface area (Å²) >= 11 is 5.24. The average Bonchev–Trinajstić information content (AvgIpc) is 3.04. The van der Waals surface area contributed by atoms with Gasteiger partial charge >= 0.3 is 0 Å². The SMILES string of the molecule is OCCN(Cc1cc2n(n1)CCCC2)Cc1cc(Br)cs1. The van der Waals surface area contributed by atoms with E-state index in [2.05, 4.69) is 43.0 Å². The Kier molecular flexibility index (Phi) is 5.11. The van der Waals surface area contributed by atoms with Crippen molar-refractivity contribution in [3.05, 3.63) is 38.3 Å². The second-order valence-corrected chi connectivity index (χ2v) is 7.38. The molecule has 2 aromatic heterocycles. The number of nitrogens with zero attached hydrogens (tertiary/aromatic N) is 3. The Balaban J connectivity index is 1.68. The molecular weight excluding hydrogens is 350 g/mol. The van der Waals surface area contributed by atoms with E-state index in [0.717, 1.165) is 36.2 Å². The number of aliphatic hydroxyl groups excluding tert-OH is 1. The van der Waals surface area contributed by atoms with Crippen LogP contribution >= 0.6 is 27.3 Å². The molecule has 114 valence electrons. The van der Waals surface area contributed by atoms with Crippen LogP contribution < -0.4 is 0 Å². The molecule has 0 saturated heterocycles. The maximum atomic E-state index is 9.29. The maximum Gasteiger partial charge on any atom is 0.0767 e. The molecule has 4 nitrogen and oxygen atoms in total. The minimum Gasteiger partial charge on any atom is -0.395 e. The van der Waals surface area contributed by atoms with Crippen molar-refractivity contribution in [1.82, 2.24) is 14.7 Å². The van der Waals surface area contributed by atoms with Gasteiger partial charge in [-0.15, -0.1) is 11.3 Å². The van der Waals surface area contributed by atoms with Gasteiger partial charge in [0.2, 0.25) is 0 Å². The van der Waals surface area contributed by atoms with Crippen molar-refractivity contribution >= 4 is 27.3 Å². The summed E-state index contributed by atoms with van der Waals surface area (Å²) in [7, 11) is 0. The molecule has 0 aliphatic carbocycles. The highest BCUT2D eigenvalue weighted by molar-refractivity contribution is 9.10. The van der Waals surface area contributed by atoms with Crippen LogP contribution in [0.4, 0.5) is 0 Å². The molecule has 0 unspecified atom stereocenters. The molecule has 0 bridgehead atoms. The van der Waals surface area contributed by atoms with E-state index >= 15 is 0 Å². The monoisotopic (exact) mass is 369 g/mol. The quantitative estimate of drug-likeness (QED) is 0.850. The zero-order chi connectivity index (χ0) is 14.7. The van der Waals surface area contributed by atoms with E-state index < -0.39 is 0 Å². The Morgan fingerprint density at radius 3 is 2.95 bits per heavy atom. The number of aliphatic hydroxyl groups is 1. The molecule has 3 heterocycles. The van der Waals surface area contributed by atoms with Crippen molar-refractivity contribution in [1.29, 1.82) is 0 Å². The van der Waals surface area contributed by atoms with Crippen LogP contribution in [0.1, 0.15) is 29.1 Å². The highest BCUT2D eigenvalue weighted by atomic mass is 79.9. The van der Waals surface area contributed by atoms with Gasteiger partial charge in [-0.05, 0) is 47.3 Å². The standard InChI is InChI=1S/C15H20BrN3OS/c16-12-7-15(21-11-12)10-18(5-6-20)9-13-8-14-3-1-2-4-19(14)17-13/h7-8,11,20H,1-6,9-10H2. The molecule has 0 radical (unpaired) electrons. The van der Waals surface area contributed by atoms with Crippen LogP contribution in [0.15, 0.2) is 22.0 Å². The Labute approximate surface area is 137 Å². The Morgan fingerprint density at radius 1 is 1.33 bits per heavy atom. The Hall–Kier alpha value is -0.690. The maximum absolute atomic E-state index is 9.29. The highest BCUT2D eigenvalue weighted by Crippen LogP contribution is 2.22. The van der Waals surface area contributed by atoms with E-state index in [9.17, 15) is 5.11 Å². The van der Waals surface area contributed by atoms with Crippen LogP contribution in [-0.4, -0.2) is 32.9 Å². The molecule has 6 heteroatoms. The number of rotatable bonds is 6. The van der Waals surface area contributed by atoms with Gasteiger partial charge in [0, 0.05) is 46.6 Å². The molecule has 0 atom stereocenters. The summed E-state index contributed by atoms with van der Waals surface area (Å²) in [5.74, 6) is 0. The van der Waals surface area contributed by atoms with Gasteiger partial charge in [-0.1, -0.05) is 0 Å². The fraction of sp³-hybridized carbons (Fsp3) is 0.533. The normalized spacial score (nSPS) is 14.6. The van der Waals surface area contributed by atoms with Crippen molar-refractivity contribution in [3.8, 4) is 0 Å². The Bertz CT molecular complexity index is 572. The second kappa shape index (κ2) is 7.05. The topological polar surface area (TPSA) is 41.3 Å². The third kappa shape index (κ3) is 3.94. The molecule has 0 spiro atoms. The van der Waals surface area contributed by atoms with Crippen LogP contribution in [0.3, 0.4) is 0 Å². The van der Waals surface area contributed by atoms with Gasteiger partial charge in [0.25, 0.3) is 0 Å². The molecule has 0 aromatic carbocycles. The third-order valence-electron chi connectivity index (χ3n) is 3.77. The van der Waals surface area contributed by atoms with Crippen molar-refractivity contribution < 1.29 is 5.11 Å². The van der Waals surface area contributed by atoms with E-state index in [4.69, 9.17) is 5.10 Å². The van der Waals surface area contributed by atoms with E-state index in [1.54, 1.807) is 11.3 Å². The first kappa shape index (κ1) is 15.2. The lowest BCUT2D eigenvalue weighted by Crippen LogP contribution is -2.26. The summed E-state index contributed by atoms with van der Waals surface area (Å²) in [5.41, 5.74) is 2.48. The number of aromatic nitrogens is 2. The van der Waals surface area contributed by atoms with Crippen molar-refractivity contribution in [2.45, 2.75) is 38.9 Å². The first-order valence-corrected chi connectivity index (χ1v) is 9.03. The van der Waals surface area contributed by atoms with Gasteiger partial charge in [-0.3, -0.25) is 9.58 Å². The van der Waals surface area contributed by atoms with Crippen LogP contribution in [0.25, 0.3) is 0 Å². The summed E-state index contributed by atoms with van der Waals surface area (Å²) in [5, 5.41) is 16.1. The fourth-order valence-corrected chi connectivity index (χ4v) is 4.29. The molecule has 0 fully saturated rings. The molecule has 1 N–H and O–H groups in total. The fourth-order valence-electron chi connectivity index (χ4n) is 2.80. The smallest absolute Gasteiger partial charge is 0.0767 e. The van der Waals surface area contributed by atoms with Crippen molar-refractivity contribution in [2.75, 3.05) is 13.2 Å². The van der Waals surface area contributed by atoms with Gasteiger partial charge in [0.1, 0.15) is 0 Å². The molecule has 21 heavy (non-hydrogen) atoms. The zero-order valence-electron chi connectivity index (χ0n) is 12.0. The number of fused-ring (bicyclic) bond motifs is 1. The van der Waals surface area contributed by atoms with E-state index in [0.29, 0.717) is 6.54 Å². The lowest BCUT2D eigenvalue weighted by molar-refractivity contribution is 0.183. The summed E-state index contributed by atoms with van der Waals surface area (Å²) in [6.07, 6.45) is 3.65. The summed E-state index contributed by atoms with van der Waals surface area (Å²) in [4.78, 5) is 3.56. The summed E-state index contributed by atoms with van der Waals surface area (Å²) in [6.45, 7) is 3.57. The first-order valence-electron chi connectivity index (χ1n) is 7.36. The molecular formula is C15H20BrN3OS. The Morgan fingerprint density at radius 2 is 2.24 bits per heavy atom. The lowest BCUT2D eigenvalue weighted by atomic mass is 10.1. The highest BCUT2D eigenvalue weighted by Gasteiger charge is 2.15. The van der Waals surface area contributed by atoms with Crippen LogP contribution in [0.5, 0.6) is 0 Å². The average molecular weight is 370 g/mol. The predicted octanol–water partition coefficient (Wildman–Crippen LogP) is 3.04. The first-order chi connectivity index (χ1) is 10.2. The van der Waals surface area contributed by atoms with Gasteiger partial charge in [0.15, 0.2) is 0 Å². The van der Waals surface area contributed by atoms with Gasteiger partial charge in [-0.2, -0.15) is 5.10 Å². The number of hydrogen-bond acceptors (Lipinski definition) is 4. The molecule has 1 aliphatic rings. The molecule has 3 rings (SSSR count). The van der Waals surface area contributed by atoms with Crippen LogP contribution in [-0.2, 0) is 26.1 Å². The van der Waals surface area contributed by atoms with E-state index in [1.165, 1.54) is 23.4 Å². The van der Waals surface area contributed by atoms with Gasteiger partial charge in [0.05, 0.1) is 12.3 Å². The third-order valence-corrected chi connectivity index (χ3v) is 5.45. The molecule has 0 amide bonds. The summed E-state index contributed by atoms with van der Waals surface area (Å²) < 4.78 is 3.28. The van der Waals surface area contributed by atoms with Crippen molar-refractivity contribution in [3.63, 3.8) is 0 Å². The zero-order valence-corrected chi connectivity index (χ0v) is 14.4. The molecule has 0 saturated carbocycles. The number of hydrogen-bond donors (Lipinski definition) is 1. The minimum atomic E-state index is 0.181. The minimum absolute atomic E-state index is 0.181. The predicted molar refractivity (Wildman–Crippen MR) is 88.4 cm³/mol. The van der Waals surface area contributed by atoms with Crippen molar-refractivity contribution in [2.24, 2.45) is 0 Å². The van der Waals surface area contributed by atoms with Crippen LogP contribution in [0, 0.1) is 0 Å². The molecule has 2 aromatic rings. The molecule has 1 aliphatic heterocycles. The van der Waals surface area contributed by atoms with E-state index in [-0.39, 0.29) is 6.61 Å². The van der Waals surface area contributed by atoms with Crippen LogP contribution in [0.2, 0.25) is 0 Å².